The molecule has 3 aromatic carbocycles. The third kappa shape index (κ3) is 6.19. The van der Waals surface area contributed by atoms with E-state index in [4.69, 9.17) is 14.6 Å². The predicted octanol–water partition coefficient (Wildman–Crippen LogP) is 4.20. The van der Waals surface area contributed by atoms with Gasteiger partial charge < -0.3 is 14.6 Å². The fraction of sp³-hybridized carbons (Fsp3) is 0.148. The average molecular weight is 532 g/mol. The Hall–Kier alpha value is -4.64. The van der Waals surface area contributed by atoms with Gasteiger partial charge in [-0.1, -0.05) is 41.6 Å². The minimum Gasteiger partial charge on any atom is -0.493 e. The molecule has 0 aliphatic heterocycles. The summed E-state index contributed by atoms with van der Waals surface area (Å²) in [5.74, 6) is 0.451. The number of aryl methyl sites for hydroxylation is 1. The molecule has 0 aliphatic rings. The molecule has 38 heavy (non-hydrogen) atoms. The lowest BCUT2D eigenvalue weighted by Gasteiger charge is -2.12. The molecule has 1 amide bonds. The van der Waals surface area contributed by atoms with Crippen LogP contribution in [0, 0.1) is 6.92 Å². The molecule has 2 N–H and O–H groups in total. The summed E-state index contributed by atoms with van der Waals surface area (Å²) in [6, 6.07) is 19.6. The molecule has 0 atom stereocenters. The number of carboxylic acid groups (broad SMARTS) is 1. The first-order valence-corrected chi connectivity index (χ1v) is 12.4. The van der Waals surface area contributed by atoms with Gasteiger partial charge in [0.2, 0.25) is 0 Å². The van der Waals surface area contributed by atoms with Gasteiger partial charge in [0, 0.05) is 11.3 Å². The van der Waals surface area contributed by atoms with Gasteiger partial charge in [0.25, 0.3) is 5.91 Å². The van der Waals surface area contributed by atoms with E-state index in [-0.39, 0.29) is 17.2 Å². The average Bonchev–Trinajstić information content (AvgIpc) is 3.36. The maximum atomic E-state index is 12.5. The third-order valence-electron chi connectivity index (χ3n) is 5.46. The summed E-state index contributed by atoms with van der Waals surface area (Å²) in [4.78, 5) is 23.4. The minimum absolute atomic E-state index is 0.0468. The van der Waals surface area contributed by atoms with E-state index in [2.05, 4.69) is 20.7 Å². The second-order valence-electron chi connectivity index (χ2n) is 8.06. The van der Waals surface area contributed by atoms with E-state index in [1.807, 2.05) is 47.9 Å². The van der Waals surface area contributed by atoms with Crippen LogP contribution in [0.25, 0.3) is 17.1 Å². The van der Waals surface area contributed by atoms with Crippen LogP contribution in [0.1, 0.15) is 21.5 Å². The number of rotatable bonds is 10. The number of hydrazone groups is 1. The second kappa shape index (κ2) is 12.1. The number of carbonyl (C=O) groups excluding carboxylic acids is 1. The van der Waals surface area contributed by atoms with Gasteiger partial charge in [-0.05, 0) is 55.0 Å². The van der Waals surface area contributed by atoms with Gasteiger partial charge in [-0.2, -0.15) is 5.10 Å². The van der Waals surface area contributed by atoms with Crippen LogP contribution in [0.15, 0.2) is 77.0 Å². The molecule has 0 unspecified atom stereocenters. The Morgan fingerprint density at radius 2 is 1.71 bits per heavy atom. The van der Waals surface area contributed by atoms with E-state index in [1.54, 1.807) is 32.4 Å². The van der Waals surface area contributed by atoms with Crippen LogP contribution in [0.3, 0.4) is 0 Å². The minimum atomic E-state index is -1.01. The number of carboxylic acids is 1. The molecule has 0 saturated heterocycles. The number of nitrogens with zero attached hydrogens (tertiary/aromatic N) is 4. The number of nitrogens with one attached hydrogen (secondary N) is 1. The quantitative estimate of drug-likeness (QED) is 0.177. The molecule has 4 rings (SSSR count). The lowest BCUT2D eigenvalue weighted by atomic mass is 10.1. The third-order valence-corrected chi connectivity index (χ3v) is 6.39. The summed E-state index contributed by atoms with van der Waals surface area (Å²) in [5, 5.41) is 22.2. The number of hydrogen-bond acceptors (Lipinski definition) is 8. The zero-order chi connectivity index (χ0) is 27.1. The summed E-state index contributed by atoms with van der Waals surface area (Å²) in [7, 11) is 3.14. The number of aromatic nitrogens is 3. The van der Waals surface area contributed by atoms with Gasteiger partial charge >= 0.3 is 5.97 Å². The van der Waals surface area contributed by atoms with Crippen molar-refractivity contribution < 1.29 is 24.2 Å². The molecule has 0 radical (unpaired) electrons. The van der Waals surface area contributed by atoms with Crippen molar-refractivity contribution in [3.63, 3.8) is 0 Å². The van der Waals surface area contributed by atoms with E-state index in [1.165, 1.54) is 30.1 Å². The number of amides is 1. The molecule has 4 aromatic rings. The number of carbonyl (C=O) groups is 2. The maximum absolute atomic E-state index is 12.5. The predicted molar refractivity (Wildman–Crippen MR) is 144 cm³/mol. The number of methoxy groups -OCH3 is 2. The van der Waals surface area contributed by atoms with Crippen LogP contribution < -0.4 is 14.9 Å². The van der Waals surface area contributed by atoms with Gasteiger partial charge in [0.05, 0.1) is 31.8 Å². The molecule has 0 bridgehead atoms. The first-order valence-electron chi connectivity index (χ1n) is 11.4. The van der Waals surface area contributed by atoms with Gasteiger partial charge in [0.1, 0.15) is 0 Å². The zero-order valence-corrected chi connectivity index (χ0v) is 21.7. The fourth-order valence-corrected chi connectivity index (χ4v) is 4.25. The smallest absolute Gasteiger partial charge is 0.335 e. The van der Waals surface area contributed by atoms with Gasteiger partial charge in [-0.25, -0.2) is 10.2 Å². The molecule has 0 saturated carbocycles. The molecule has 10 nitrogen and oxygen atoms in total. The van der Waals surface area contributed by atoms with Crippen LogP contribution in [0.2, 0.25) is 0 Å². The van der Waals surface area contributed by atoms with Crippen molar-refractivity contribution in [3.05, 3.63) is 83.4 Å². The Labute approximate surface area is 223 Å². The normalized spacial score (nSPS) is 10.9. The van der Waals surface area contributed by atoms with Crippen molar-refractivity contribution in [1.29, 1.82) is 0 Å². The molecule has 11 heteroatoms. The Morgan fingerprint density at radius 1 is 1.00 bits per heavy atom. The van der Waals surface area contributed by atoms with E-state index >= 15 is 0 Å². The molecule has 194 valence electrons. The number of aromatic carboxylic acids is 1. The molecular weight excluding hydrogens is 506 g/mol. The fourth-order valence-electron chi connectivity index (χ4n) is 3.51. The highest BCUT2D eigenvalue weighted by atomic mass is 32.2. The molecule has 0 fully saturated rings. The molecule has 0 spiro atoms. The zero-order valence-electron chi connectivity index (χ0n) is 20.9. The standard InChI is InChI=1S/C27H25N5O5S/c1-17-4-11-21(12-5-17)32-25(20-10-13-22(36-2)23(14-20)37-3)30-31-27(32)38-16-24(33)29-28-15-18-6-8-19(9-7-18)26(34)35/h4-15H,16H2,1-3H3,(H,29,33)(H,34,35)/b28-15-. The summed E-state index contributed by atoms with van der Waals surface area (Å²) >= 11 is 1.22. The number of ether oxygens (including phenoxy) is 2. The first kappa shape index (κ1) is 26.4. The van der Waals surface area contributed by atoms with Gasteiger partial charge in [-0.15, -0.1) is 10.2 Å². The van der Waals surface area contributed by atoms with Crippen LogP contribution in [-0.4, -0.2) is 57.9 Å². The summed E-state index contributed by atoms with van der Waals surface area (Å²) in [5.41, 5.74) is 6.03. The van der Waals surface area contributed by atoms with E-state index in [0.29, 0.717) is 28.0 Å². The Kier molecular flexibility index (Phi) is 8.39. The van der Waals surface area contributed by atoms with E-state index in [0.717, 1.165) is 16.8 Å². The van der Waals surface area contributed by atoms with Crippen molar-refractivity contribution in [2.24, 2.45) is 5.10 Å². The van der Waals surface area contributed by atoms with Crippen molar-refractivity contribution in [2.75, 3.05) is 20.0 Å². The monoisotopic (exact) mass is 531 g/mol. The lowest BCUT2D eigenvalue weighted by Crippen LogP contribution is -2.20. The topological polar surface area (TPSA) is 128 Å². The summed E-state index contributed by atoms with van der Waals surface area (Å²) < 4.78 is 12.7. The maximum Gasteiger partial charge on any atom is 0.335 e. The van der Waals surface area contributed by atoms with Crippen LogP contribution >= 0.6 is 11.8 Å². The number of hydrogen-bond donors (Lipinski definition) is 2. The van der Waals surface area contributed by atoms with Crippen molar-refractivity contribution in [2.45, 2.75) is 12.1 Å². The largest absolute Gasteiger partial charge is 0.493 e. The SMILES string of the molecule is COc1ccc(-c2nnc(SCC(=O)N/N=C\c3ccc(C(=O)O)cc3)n2-c2ccc(C)cc2)cc1OC. The summed E-state index contributed by atoms with van der Waals surface area (Å²) in [6.07, 6.45) is 1.44. The van der Waals surface area contributed by atoms with Crippen molar-refractivity contribution >= 4 is 29.9 Å². The number of benzene rings is 3. The highest BCUT2D eigenvalue weighted by molar-refractivity contribution is 7.99. The van der Waals surface area contributed by atoms with E-state index < -0.39 is 5.97 Å². The van der Waals surface area contributed by atoms with Crippen molar-refractivity contribution in [3.8, 4) is 28.6 Å². The van der Waals surface area contributed by atoms with E-state index in [9.17, 15) is 9.59 Å². The summed E-state index contributed by atoms with van der Waals surface area (Å²) in [6.45, 7) is 2.01. The number of thioether (sulfide) groups is 1. The van der Waals surface area contributed by atoms with Gasteiger partial charge in [0.15, 0.2) is 22.5 Å². The van der Waals surface area contributed by atoms with Crippen LogP contribution in [0.5, 0.6) is 11.5 Å². The second-order valence-corrected chi connectivity index (χ2v) is 9.00. The molecular formula is C27H25N5O5S. The molecule has 0 aliphatic carbocycles. The van der Waals surface area contributed by atoms with Gasteiger partial charge in [-0.3, -0.25) is 9.36 Å². The lowest BCUT2D eigenvalue weighted by molar-refractivity contribution is -0.118. The van der Waals surface area contributed by atoms with Crippen molar-refractivity contribution in [1.82, 2.24) is 20.2 Å². The highest BCUT2D eigenvalue weighted by Gasteiger charge is 2.19. The molecule has 1 aromatic heterocycles. The Bertz CT molecular complexity index is 1470. The Morgan fingerprint density at radius 3 is 2.37 bits per heavy atom. The molecule has 1 heterocycles. The Balaban J connectivity index is 1.52. The highest BCUT2D eigenvalue weighted by Crippen LogP contribution is 2.34. The van der Waals surface area contributed by atoms with Crippen LogP contribution in [-0.2, 0) is 4.79 Å². The van der Waals surface area contributed by atoms with Crippen LogP contribution in [0.4, 0.5) is 0 Å². The first-order chi connectivity index (χ1) is 18.4.